The first kappa shape index (κ1) is 17.3. The van der Waals surface area contributed by atoms with Crippen LogP contribution in [0.3, 0.4) is 0 Å². The number of likely N-dealkylation sites (tertiary alicyclic amines) is 1. The summed E-state index contributed by atoms with van der Waals surface area (Å²) in [6.07, 6.45) is 1.05. The third-order valence-corrected chi connectivity index (χ3v) is 5.35. The summed E-state index contributed by atoms with van der Waals surface area (Å²) in [6, 6.07) is 5.82. The molecule has 0 bridgehead atoms. The van der Waals surface area contributed by atoms with E-state index in [1.54, 1.807) is 17.0 Å². The molecule has 2 heterocycles. The van der Waals surface area contributed by atoms with E-state index in [-0.39, 0.29) is 30.2 Å². The maximum atomic E-state index is 13.2. The summed E-state index contributed by atoms with van der Waals surface area (Å²) in [5.74, 6) is -1.84. The van der Waals surface area contributed by atoms with E-state index in [0.29, 0.717) is 36.2 Å². The quantitative estimate of drug-likeness (QED) is 0.840. The highest BCUT2D eigenvalue weighted by Gasteiger charge is 2.26. The predicted molar refractivity (Wildman–Crippen MR) is 90.6 cm³/mol. The molecule has 2 aromatic rings. The molecule has 8 heteroatoms. The monoisotopic (exact) mass is 364 g/mol. The zero-order chi connectivity index (χ0) is 18.0. The maximum absolute atomic E-state index is 13.2. The highest BCUT2D eigenvalue weighted by Crippen LogP contribution is 2.26. The van der Waals surface area contributed by atoms with Crippen LogP contribution in [-0.4, -0.2) is 42.4 Å². The van der Waals surface area contributed by atoms with E-state index >= 15 is 0 Å². The van der Waals surface area contributed by atoms with E-state index in [2.05, 4.69) is 0 Å². The number of primary amides is 1. The van der Waals surface area contributed by atoms with E-state index < -0.39 is 5.97 Å². The summed E-state index contributed by atoms with van der Waals surface area (Å²) in [5, 5.41) is 0.622. The van der Waals surface area contributed by atoms with Crippen LogP contribution < -0.4 is 5.73 Å². The lowest BCUT2D eigenvalue weighted by Crippen LogP contribution is -2.43. The number of hydrogen-bond acceptors (Lipinski definition) is 5. The molecule has 1 aromatic heterocycles. The van der Waals surface area contributed by atoms with Crippen molar-refractivity contribution in [1.82, 2.24) is 4.90 Å². The SMILES string of the molecule is NC(=O)C1CCN(C(=O)COC(=O)c2cc3cc(F)ccc3s2)CC1. The largest absolute Gasteiger partial charge is 0.451 e. The third-order valence-electron chi connectivity index (χ3n) is 4.26. The van der Waals surface area contributed by atoms with Crippen LogP contribution in [0.1, 0.15) is 22.5 Å². The molecular weight excluding hydrogens is 347 g/mol. The summed E-state index contributed by atoms with van der Waals surface area (Å²) in [6.45, 7) is 0.487. The average Bonchev–Trinajstić information content (AvgIpc) is 3.02. The van der Waals surface area contributed by atoms with Crippen molar-refractivity contribution in [3.8, 4) is 0 Å². The van der Waals surface area contributed by atoms with Crippen molar-refractivity contribution < 1.29 is 23.5 Å². The first-order valence-corrected chi connectivity index (χ1v) is 8.69. The summed E-state index contributed by atoms with van der Waals surface area (Å²) < 4.78 is 19.0. The summed E-state index contributed by atoms with van der Waals surface area (Å²) in [5.41, 5.74) is 5.26. The number of thiophene rings is 1. The van der Waals surface area contributed by atoms with Gasteiger partial charge in [-0.1, -0.05) is 0 Å². The molecule has 25 heavy (non-hydrogen) atoms. The number of ether oxygens (including phenoxy) is 1. The van der Waals surface area contributed by atoms with Gasteiger partial charge in [0.05, 0.1) is 0 Å². The Labute approximate surface area is 147 Å². The van der Waals surface area contributed by atoms with E-state index in [0.717, 1.165) is 4.70 Å². The summed E-state index contributed by atoms with van der Waals surface area (Å²) in [4.78, 5) is 37.2. The number of nitrogens with two attached hydrogens (primary N) is 1. The lowest BCUT2D eigenvalue weighted by atomic mass is 9.96. The fourth-order valence-electron chi connectivity index (χ4n) is 2.82. The molecule has 0 spiro atoms. The van der Waals surface area contributed by atoms with E-state index in [9.17, 15) is 18.8 Å². The molecule has 1 aliphatic heterocycles. The standard InChI is InChI=1S/C17H17FN2O4S/c18-12-1-2-13-11(7-12)8-14(25-13)17(23)24-9-15(21)20-5-3-10(4-6-20)16(19)22/h1-2,7-8,10H,3-6,9H2,(H2,19,22). The van der Waals surface area contributed by atoms with Gasteiger partial charge in [0.25, 0.3) is 5.91 Å². The lowest BCUT2D eigenvalue weighted by Gasteiger charge is -2.30. The second kappa shape index (κ2) is 7.18. The Hall–Kier alpha value is -2.48. The van der Waals surface area contributed by atoms with Gasteiger partial charge in [0.15, 0.2) is 6.61 Å². The number of carbonyl (C=O) groups is 3. The minimum atomic E-state index is -0.609. The number of halogens is 1. The van der Waals surface area contributed by atoms with Gasteiger partial charge in [-0.05, 0) is 42.5 Å². The zero-order valence-corrected chi connectivity index (χ0v) is 14.2. The van der Waals surface area contributed by atoms with Crippen LogP contribution in [0, 0.1) is 11.7 Å². The molecule has 6 nitrogen and oxygen atoms in total. The van der Waals surface area contributed by atoms with Gasteiger partial charge < -0.3 is 15.4 Å². The molecule has 0 radical (unpaired) electrons. The van der Waals surface area contributed by atoms with Gasteiger partial charge in [-0.15, -0.1) is 11.3 Å². The molecule has 132 valence electrons. The minimum absolute atomic E-state index is 0.203. The first-order chi connectivity index (χ1) is 11.9. The Morgan fingerprint density at radius 2 is 1.96 bits per heavy atom. The molecule has 1 saturated heterocycles. The molecule has 2 amide bonds. The lowest BCUT2D eigenvalue weighted by molar-refractivity contribution is -0.137. The predicted octanol–water partition coefficient (Wildman–Crippen LogP) is 1.92. The summed E-state index contributed by atoms with van der Waals surface area (Å²) in [7, 11) is 0. The smallest absolute Gasteiger partial charge is 0.348 e. The van der Waals surface area contributed by atoms with E-state index in [1.807, 2.05) is 0 Å². The fourth-order valence-corrected chi connectivity index (χ4v) is 3.75. The highest BCUT2D eigenvalue weighted by atomic mass is 32.1. The van der Waals surface area contributed by atoms with Crippen LogP contribution >= 0.6 is 11.3 Å². The number of esters is 1. The van der Waals surface area contributed by atoms with Gasteiger partial charge in [0.1, 0.15) is 10.7 Å². The molecule has 3 rings (SSSR count). The Balaban J connectivity index is 1.54. The van der Waals surface area contributed by atoms with Crippen molar-refractivity contribution in [3.63, 3.8) is 0 Å². The van der Waals surface area contributed by atoms with Gasteiger partial charge in [0.2, 0.25) is 5.91 Å². The second-order valence-corrected chi connectivity index (χ2v) is 7.01. The molecule has 0 unspecified atom stereocenters. The zero-order valence-electron chi connectivity index (χ0n) is 13.4. The van der Waals surface area contributed by atoms with Crippen LogP contribution in [0.5, 0.6) is 0 Å². The molecule has 1 aliphatic rings. The van der Waals surface area contributed by atoms with Crippen LogP contribution in [0.2, 0.25) is 0 Å². The summed E-state index contributed by atoms with van der Waals surface area (Å²) >= 11 is 1.19. The molecule has 0 saturated carbocycles. The third kappa shape index (κ3) is 3.96. The molecule has 0 atom stereocenters. The molecule has 1 fully saturated rings. The Morgan fingerprint density at radius 1 is 1.24 bits per heavy atom. The van der Waals surface area contributed by atoms with Crippen LogP contribution in [0.4, 0.5) is 4.39 Å². The molecule has 1 aromatic carbocycles. The van der Waals surface area contributed by atoms with Crippen molar-refractivity contribution in [2.24, 2.45) is 11.7 Å². The van der Waals surface area contributed by atoms with Crippen LogP contribution in [0.25, 0.3) is 10.1 Å². The van der Waals surface area contributed by atoms with Crippen LogP contribution in [-0.2, 0) is 14.3 Å². The normalized spacial score (nSPS) is 15.3. The molecule has 0 aliphatic carbocycles. The number of carbonyl (C=O) groups excluding carboxylic acids is 3. The van der Waals surface area contributed by atoms with Crippen molar-refractivity contribution >= 4 is 39.2 Å². The minimum Gasteiger partial charge on any atom is -0.451 e. The molecule has 2 N–H and O–H groups in total. The number of benzene rings is 1. The maximum Gasteiger partial charge on any atom is 0.348 e. The van der Waals surface area contributed by atoms with E-state index in [1.165, 1.54) is 23.5 Å². The van der Waals surface area contributed by atoms with E-state index in [4.69, 9.17) is 10.5 Å². The van der Waals surface area contributed by atoms with Gasteiger partial charge in [-0.3, -0.25) is 9.59 Å². The van der Waals surface area contributed by atoms with Crippen LogP contribution in [0.15, 0.2) is 24.3 Å². The number of piperidine rings is 1. The topological polar surface area (TPSA) is 89.7 Å². The number of nitrogens with zero attached hydrogens (tertiary/aromatic N) is 1. The second-order valence-electron chi connectivity index (χ2n) is 5.93. The number of fused-ring (bicyclic) bond motifs is 1. The van der Waals surface area contributed by atoms with Gasteiger partial charge >= 0.3 is 5.97 Å². The molecular formula is C17H17FN2O4S. The van der Waals surface area contributed by atoms with Crippen molar-refractivity contribution in [2.75, 3.05) is 19.7 Å². The Bertz CT molecular complexity index is 827. The Kier molecular flexibility index (Phi) is 4.98. The number of hydrogen-bond donors (Lipinski definition) is 1. The van der Waals surface area contributed by atoms with Gasteiger partial charge in [-0.2, -0.15) is 0 Å². The fraction of sp³-hybridized carbons (Fsp3) is 0.353. The first-order valence-electron chi connectivity index (χ1n) is 7.87. The Morgan fingerprint density at radius 3 is 2.64 bits per heavy atom. The van der Waals surface area contributed by atoms with Crippen molar-refractivity contribution in [1.29, 1.82) is 0 Å². The van der Waals surface area contributed by atoms with Gasteiger partial charge in [-0.25, -0.2) is 9.18 Å². The van der Waals surface area contributed by atoms with Crippen molar-refractivity contribution in [3.05, 3.63) is 35.0 Å². The average molecular weight is 364 g/mol. The number of amides is 2. The number of rotatable bonds is 4. The van der Waals surface area contributed by atoms with Crippen molar-refractivity contribution in [2.45, 2.75) is 12.8 Å². The van der Waals surface area contributed by atoms with Gasteiger partial charge in [0, 0.05) is 23.7 Å². The highest BCUT2D eigenvalue weighted by molar-refractivity contribution is 7.20.